The summed E-state index contributed by atoms with van der Waals surface area (Å²) in [6, 6.07) is 3.24. The zero-order valence-corrected chi connectivity index (χ0v) is 8.54. The summed E-state index contributed by atoms with van der Waals surface area (Å²) >= 11 is 3.12. The smallest absolute Gasteiger partial charge is 0.261 e. The first-order valence-electron chi connectivity index (χ1n) is 3.81. The largest absolute Gasteiger partial charge is 0.457 e. The van der Waals surface area contributed by atoms with Crippen LogP contribution in [-0.4, -0.2) is 16.1 Å². The molecule has 2 aromatic heterocycles. The monoisotopic (exact) mass is 255 g/mol. The zero-order valence-electron chi connectivity index (χ0n) is 6.95. The molecule has 0 spiro atoms. The third kappa shape index (κ3) is 1.69. The molecule has 2 N–H and O–H groups in total. The number of carbonyl (C=O) groups is 1. The molecule has 14 heavy (non-hydrogen) atoms. The summed E-state index contributed by atoms with van der Waals surface area (Å²) in [4.78, 5) is 11.5. The van der Waals surface area contributed by atoms with Crippen LogP contribution in [0.4, 0.5) is 5.82 Å². The quantitative estimate of drug-likeness (QED) is 0.863. The van der Waals surface area contributed by atoms with Crippen molar-refractivity contribution in [2.45, 2.75) is 0 Å². The van der Waals surface area contributed by atoms with E-state index in [0.29, 0.717) is 16.1 Å². The van der Waals surface area contributed by atoms with Crippen molar-refractivity contribution in [1.82, 2.24) is 10.2 Å². The molecule has 0 aliphatic carbocycles. The van der Waals surface area contributed by atoms with Crippen LogP contribution >= 0.6 is 15.9 Å². The average Bonchev–Trinajstić information content (AvgIpc) is 2.75. The molecule has 0 saturated carbocycles. The van der Waals surface area contributed by atoms with Crippen LogP contribution in [0.2, 0.25) is 0 Å². The summed E-state index contributed by atoms with van der Waals surface area (Å²) < 4.78 is 5.35. The molecule has 2 rings (SSSR count). The SMILES string of the molecule is O=C(Nc1ccn[nH]1)c1ccoc1Br. The van der Waals surface area contributed by atoms with Crippen LogP contribution in [0.5, 0.6) is 0 Å². The van der Waals surface area contributed by atoms with E-state index in [1.54, 1.807) is 18.3 Å². The molecule has 0 aromatic carbocycles. The molecule has 1 amide bonds. The zero-order chi connectivity index (χ0) is 9.97. The molecular formula is C8H6BrN3O2. The van der Waals surface area contributed by atoms with Crippen molar-refractivity contribution in [2.24, 2.45) is 0 Å². The first kappa shape index (κ1) is 9.01. The second kappa shape index (κ2) is 3.67. The van der Waals surface area contributed by atoms with Crippen LogP contribution in [0.25, 0.3) is 0 Å². The van der Waals surface area contributed by atoms with Crippen molar-refractivity contribution in [1.29, 1.82) is 0 Å². The second-order valence-electron chi connectivity index (χ2n) is 2.53. The van der Waals surface area contributed by atoms with E-state index in [2.05, 4.69) is 31.4 Å². The number of amides is 1. The molecule has 5 nitrogen and oxygen atoms in total. The number of rotatable bonds is 2. The maximum Gasteiger partial charge on any atom is 0.261 e. The lowest BCUT2D eigenvalue weighted by molar-refractivity contribution is 0.102. The predicted molar refractivity (Wildman–Crippen MR) is 52.9 cm³/mol. The molecule has 6 heteroatoms. The number of anilines is 1. The van der Waals surface area contributed by atoms with Gasteiger partial charge >= 0.3 is 0 Å². The van der Waals surface area contributed by atoms with Crippen molar-refractivity contribution >= 4 is 27.7 Å². The van der Waals surface area contributed by atoms with Gasteiger partial charge in [0.2, 0.25) is 0 Å². The fourth-order valence-electron chi connectivity index (χ4n) is 0.971. The summed E-state index contributed by atoms with van der Waals surface area (Å²) in [5.41, 5.74) is 0.444. The van der Waals surface area contributed by atoms with Crippen molar-refractivity contribution in [3.05, 3.63) is 34.8 Å². The number of furan rings is 1. The van der Waals surface area contributed by atoms with Gasteiger partial charge in [0.25, 0.3) is 5.91 Å². The van der Waals surface area contributed by atoms with Gasteiger partial charge in [0, 0.05) is 6.07 Å². The third-order valence-electron chi connectivity index (χ3n) is 1.61. The molecule has 0 bridgehead atoms. The Morgan fingerprint density at radius 3 is 3.00 bits per heavy atom. The van der Waals surface area contributed by atoms with Gasteiger partial charge in [0.15, 0.2) is 4.67 Å². The highest BCUT2D eigenvalue weighted by molar-refractivity contribution is 9.10. The number of carbonyl (C=O) groups excluding carboxylic acids is 1. The van der Waals surface area contributed by atoms with Gasteiger partial charge in [-0.25, -0.2) is 0 Å². The van der Waals surface area contributed by atoms with E-state index in [0.717, 1.165) is 0 Å². The summed E-state index contributed by atoms with van der Waals surface area (Å²) in [5.74, 6) is 0.290. The minimum absolute atomic E-state index is 0.255. The molecule has 2 aromatic rings. The fraction of sp³-hybridized carbons (Fsp3) is 0. The lowest BCUT2D eigenvalue weighted by Gasteiger charge is -1.98. The Kier molecular flexibility index (Phi) is 2.36. The Morgan fingerprint density at radius 1 is 1.57 bits per heavy atom. The van der Waals surface area contributed by atoms with Gasteiger partial charge in [-0.1, -0.05) is 0 Å². The number of halogens is 1. The Labute approximate surface area is 87.6 Å². The van der Waals surface area contributed by atoms with E-state index in [1.165, 1.54) is 6.26 Å². The molecule has 0 aliphatic rings. The maximum atomic E-state index is 11.5. The van der Waals surface area contributed by atoms with Crippen LogP contribution < -0.4 is 5.32 Å². The van der Waals surface area contributed by atoms with Gasteiger partial charge in [-0.3, -0.25) is 9.89 Å². The highest BCUT2D eigenvalue weighted by Crippen LogP contribution is 2.18. The molecule has 0 aliphatic heterocycles. The summed E-state index contributed by atoms with van der Waals surface area (Å²) in [6.07, 6.45) is 2.99. The average molecular weight is 256 g/mol. The second-order valence-corrected chi connectivity index (χ2v) is 3.25. The molecule has 72 valence electrons. The lowest BCUT2D eigenvalue weighted by Crippen LogP contribution is -2.11. The van der Waals surface area contributed by atoms with Gasteiger partial charge in [-0.15, -0.1) is 0 Å². The van der Waals surface area contributed by atoms with Crippen LogP contribution in [0.1, 0.15) is 10.4 Å². The summed E-state index contributed by atoms with van der Waals surface area (Å²) in [5, 5.41) is 8.94. The maximum absolute atomic E-state index is 11.5. The van der Waals surface area contributed by atoms with E-state index in [9.17, 15) is 4.79 Å². The number of nitrogens with zero attached hydrogens (tertiary/aromatic N) is 1. The molecule has 2 heterocycles. The Morgan fingerprint density at radius 2 is 2.43 bits per heavy atom. The highest BCUT2D eigenvalue weighted by Gasteiger charge is 2.12. The van der Waals surface area contributed by atoms with Crippen molar-refractivity contribution in [3.8, 4) is 0 Å². The molecule has 0 fully saturated rings. The first-order chi connectivity index (χ1) is 6.77. The molecule has 0 atom stereocenters. The normalized spacial score (nSPS) is 10.1. The third-order valence-corrected chi connectivity index (χ3v) is 2.23. The molecular weight excluding hydrogens is 250 g/mol. The number of nitrogens with one attached hydrogen (secondary N) is 2. The van der Waals surface area contributed by atoms with E-state index in [4.69, 9.17) is 4.42 Å². The van der Waals surface area contributed by atoms with Gasteiger partial charge in [0.1, 0.15) is 5.82 Å². The van der Waals surface area contributed by atoms with E-state index >= 15 is 0 Å². The first-order valence-corrected chi connectivity index (χ1v) is 4.60. The minimum atomic E-state index is -0.255. The van der Waals surface area contributed by atoms with Crippen molar-refractivity contribution < 1.29 is 9.21 Å². The number of H-pyrrole nitrogens is 1. The van der Waals surface area contributed by atoms with Crippen LogP contribution in [0, 0.1) is 0 Å². The van der Waals surface area contributed by atoms with Gasteiger partial charge < -0.3 is 9.73 Å². The number of hydrogen-bond acceptors (Lipinski definition) is 3. The van der Waals surface area contributed by atoms with Crippen molar-refractivity contribution in [3.63, 3.8) is 0 Å². The number of hydrogen-bond donors (Lipinski definition) is 2. The van der Waals surface area contributed by atoms with Gasteiger partial charge in [-0.2, -0.15) is 5.10 Å². The molecule has 0 unspecified atom stereocenters. The van der Waals surface area contributed by atoms with Gasteiger partial charge in [-0.05, 0) is 22.0 Å². The Bertz CT molecular complexity index is 435. The van der Waals surface area contributed by atoms with E-state index < -0.39 is 0 Å². The van der Waals surface area contributed by atoms with Crippen molar-refractivity contribution in [2.75, 3.05) is 5.32 Å². The fourth-order valence-corrected chi connectivity index (χ4v) is 1.39. The van der Waals surface area contributed by atoms with E-state index in [-0.39, 0.29) is 5.91 Å². The van der Waals surface area contributed by atoms with Gasteiger partial charge in [0.05, 0.1) is 18.0 Å². The van der Waals surface area contributed by atoms with E-state index in [1.807, 2.05) is 0 Å². The Hall–Kier alpha value is -1.56. The molecule has 0 radical (unpaired) electrons. The number of aromatic amines is 1. The number of aromatic nitrogens is 2. The predicted octanol–water partition coefficient (Wildman–Crippen LogP) is 2.02. The minimum Gasteiger partial charge on any atom is -0.457 e. The summed E-state index contributed by atoms with van der Waals surface area (Å²) in [7, 11) is 0. The van der Waals surface area contributed by atoms with Crippen LogP contribution in [0.15, 0.2) is 33.7 Å². The van der Waals surface area contributed by atoms with Crippen LogP contribution in [0.3, 0.4) is 0 Å². The lowest BCUT2D eigenvalue weighted by atomic mass is 10.3. The summed E-state index contributed by atoms with van der Waals surface area (Å²) in [6.45, 7) is 0. The topological polar surface area (TPSA) is 70.9 Å². The standard InChI is InChI=1S/C8H6BrN3O2/c9-7-5(2-4-14-7)8(13)11-6-1-3-10-12-6/h1-4H,(H2,10,11,12,13). The highest BCUT2D eigenvalue weighted by atomic mass is 79.9. The molecule has 0 saturated heterocycles. The van der Waals surface area contributed by atoms with Crippen LogP contribution in [-0.2, 0) is 0 Å². The Balaban J connectivity index is 2.14.